The van der Waals surface area contributed by atoms with Crippen LogP contribution in [0.15, 0.2) is 22.9 Å². The molecule has 1 aromatic carbocycles. The molecule has 0 radical (unpaired) electrons. The summed E-state index contributed by atoms with van der Waals surface area (Å²) in [5, 5.41) is 14.8. The van der Waals surface area contributed by atoms with E-state index in [-0.39, 0.29) is 11.6 Å². The number of aromatic amines is 1. The summed E-state index contributed by atoms with van der Waals surface area (Å²) in [5.41, 5.74) is 9.88. The van der Waals surface area contributed by atoms with Crippen LogP contribution in [0, 0.1) is 13.8 Å². The van der Waals surface area contributed by atoms with Crippen LogP contribution in [-0.2, 0) is 0 Å². The Morgan fingerprint density at radius 1 is 1.28 bits per heavy atom. The molecule has 0 aliphatic heterocycles. The lowest BCUT2D eigenvalue weighted by Crippen LogP contribution is -1.86. The smallest absolute Gasteiger partial charge is 0.230 e. The van der Waals surface area contributed by atoms with E-state index >= 15 is 0 Å². The number of nitrogens with two attached hydrogens (primary N) is 1. The first-order valence-corrected chi connectivity index (χ1v) is 5.61. The molecule has 0 unspecified atom stereocenters. The van der Waals surface area contributed by atoms with Crippen LogP contribution in [0.1, 0.15) is 11.3 Å². The molecule has 0 fully saturated rings. The summed E-state index contributed by atoms with van der Waals surface area (Å²) in [4.78, 5) is 3.22. The Hall–Kier alpha value is -2.43. The van der Waals surface area contributed by atoms with Gasteiger partial charge in [-0.3, -0.25) is 0 Å². The highest BCUT2D eigenvalue weighted by Gasteiger charge is 2.16. The van der Waals surface area contributed by atoms with E-state index in [1.165, 1.54) is 6.20 Å². The number of anilines is 1. The van der Waals surface area contributed by atoms with E-state index < -0.39 is 0 Å². The van der Waals surface area contributed by atoms with Crippen molar-refractivity contribution in [3.63, 3.8) is 0 Å². The highest BCUT2D eigenvalue weighted by molar-refractivity contribution is 5.97. The highest BCUT2D eigenvalue weighted by Crippen LogP contribution is 2.40. The Morgan fingerprint density at radius 2 is 2.06 bits per heavy atom. The summed E-state index contributed by atoms with van der Waals surface area (Å²) >= 11 is 0. The number of phenolic OH excluding ortho intramolecular Hbond substituents is 1. The molecule has 2 heterocycles. The predicted octanol–water partition coefficient (Wildman–Crippen LogP) is 2.73. The van der Waals surface area contributed by atoms with Gasteiger partial charge in [0.05, 0.1) is 11.8 Å². The third-order valence-corrected chi connectivity index (χ3v) is 3.33. The maximum absolute atomic E-state index is 10.4. The molecule has 3 rings (SSSR count). The van der Waals surface area contributed by atoms with Crippen molar-refractivity contribution in [3.05, 3.63) is 29.6 Å². The molecule has 18 heavy (non-hydrogen) atoms. The third kappa shape index (κ3) is 1.30. The van der Waals surface area contributed by atoms with Crippen LogP contribution in [0.5, 0.6) is 5.75 Å². The van der Waals surface area contributed by atoms with Crippen molar-refractivity contribution >= 4 is 16.8 Å². The second-order valence-electron chi connectivity index (χ2n) is 4.36. The van der Waals surface area contributed by atoms with Crippen molar-refractivity contribution in [1.29, 1.82) is 0 Å². The quantitative estimate of drug-likeness (QED) is 0.613. The maximum atomic E-state index is 10.4. The fourth-order valence-electron chi connectivity index (χ4n) is 2.23. The monoisotopic (exact) mass is 243 g/mol. The molecule has 0 saturated heterocycles. The molecule has 0 saturated carbocycles. The highest BCUT2D eigenvalue weighted by atomic mass is 16.5. The molecule has 0 aliphatic rings. The van der Waals surface area contributed by atoms with Gasteiger partial charge in [-0.1, -0.05) is 5.16 Å². The zero-order chi connectivity index (χ0) is 12.9. The average molecular weight is 243 g/mol. The van der Waals surface area contributed by atoms with E-state index in [4.69, 9.17) is 10.3 Å². The fourth-order valence-corrected chi connectivity index (χ4v) is 2.23. The number of aromatic nitrogens is 2. The van der Waals surface area contributed by atoms with Crippen molar-refractivity contribution in [3.8, 4) is 16.9 Å². The number of rotatable bonds is 1. The molecule has 4 N–H and O–H groups in total. The standard InChI is InChI=1S/C13H13N3O2/c1-6-7(2)16-10-4-3-8(12(17)11(6)10)9-5-15-18-13(9)14/h3-5,16-17H,14H2,1-2H3. The van der Waals surface area contributed by atoms with E-state index in [9.17, 15) is 5.11 Å². The van der Waals surface area contributed by atoms with Gasteiger partial charge in [0, 0.05) is 22.2 Å². The van der Waals surface area contributed by atoms with E-state index in [1.54, 1.807) is 6.07 Å². The summed E-state index contributed by atoms with van der Waals surface area (Å²) in [6.45, 7) is 3.94. The molecule has 0 aliphatic carbocycles. The number of benzene rings is 1. The third-order valence-electron chi connectivity index (χ3n) is 3.33. The summed E-state index contributed by atoms with van der Waals surface area (Å²) in [6, 6.07) is 3.72. The first-order chi connectivity index (χ1) is 8.59. The van der Waals surface area contributed by atoms with Crippen LogP contribution in [0.25, 0.3) is 22.0 Å². The molecule has 0 atom stereocenters. The van der Waals surface area contributed by atoms with E-state index in [1.807, 2.05) is 19.9 Å². The van der Waals surface area contributed by atoms with Gasteiger partial charge in [0.15, 0.2) is 0 Å². The molecule has 0 bridgehead atoms. The average Bonchev–Trinajstić information content (AvgIpc) is 2.86. The SMILES string of the molecule is Cc1[nH]c2ccc(-c3cnoc3N)c(O)c2c1C. The fraction of sp³-hybridized carbons (Fsp3) is 0.154. The van der Waals surface area contributed by atoms with Gasteiger partial charge in [0.2, 0.25) is 5.88 Å². The topological polar surface area (TPSA) is 88.1 Å². The van der Waals surface area contributed by atoms with Crippen molar-refractivity contribution in [2.45, 2.75) is 13.8 Å². The molecule has 5 nitrogen and oxygen atoms in total. The second-order valence-corrected chi connectivity index (χ2v) is 4.36. The van der Waals surface area contributed by atoms with Gasteiger partial charge in [-0.05, 0) is 31.5 Å². The number of fused-ring (bicyclic) bond motifs is 1. The summed E-state index contributed by atoms with van der Waals surface area (Å²) in [7, 11) is 0. The number of hydrogen-bond acceptors (Lipinski definition) is 4. The zero-order valence-corrected chi connectivity index (χ0v) is 10.1. The largest absolute Gasteiger partial charge is 0.507 e. The van der Waals surface area contributed by atoms with Gasteiger partial charge in [-0.2, -0.15) is 0 Å². The maximum Gasteiger partial charge on any atom is 0.230 e. The van der Waals surface area contributed by atoms with Crippen molar-refractivity contribution in [2.75, 3.05) is 5.73 Å². The van der Waals surface area contributed by atoms with Crippen LogP contribution in [-0.4, -0.2) is 15.2 Å². The van der Waals surface area contributed by atoms with E-state index in [0.29, 0.717) is 11.1 Å². The minimum absolute atomic E-state index is 0.198. The minimum atomic E-state index is 0.198. The van der Waals surface area contributed by atoms with Crippen LogP contribution >= 0.6 is 0 Å². The van der Waals surface area contributed by atoms with Crippen molar-refractivity contribution < 1.29 is 9.63 Å². The number of aryl methyl sites for hydroxylation is 2. The lowest BCUT2D eigenvalue weighted by Gasteiger charge is -2.04. The second kappa shape index (κ2) is 3.53. The Morgan fingerprint density at radius 3 is 2.72 bits per heavy atom. The van der Waals surface area contributed by atoms with Gasteiger partial charge in [0.25, 0.3) is 0 Å². The van der Waals surface area contributed by atoms with Crippen LogP contribution in [0.3, 0.4) is 0 Å². The van der Waals surface area contributed by atoms with Gasteiger partial charge >= 0.3 is 0 Å². The number of nitrogens with zero attached hydrogens (tertiary/aromatic N) is 1. The van der Waals surface area contributed by atoms with E-state index in [2.05, 4.69) is 10.1 Å². The summed E-state index contributed by atoms with van der Waals surface area (Å²) in [5.74, 6) is 0.402. The molecule has 0 spiro atoms. The van der Waals surface area contributed by atoms with Crippen LogP contribution < -0.4 is 5.73 Å². The normalized spacial score (nSPS) is 11.2. The summed E-state index contributed by atoms with van der Waals surface area (Å²) < 4.78 is 4.83. The summed E-state index contributed by atoms with van der Waals surface area (Å²) in [6.07, 6.45) is 1.51. The first-order valence-electron chi connectivity index (χ1n) is 5.61. The Kier molecular flexibility index (Phi) is 2.10. The molecule has 0 amide bonds. The van der Waals surface area contributed by atoms with Gasteiger partial charge in [0.1, 0.15) is 5.75 Å². The van der Waals surface area contributed by atoms with E-state index in [0.717, 1.165) is 22.2 Å². The Labute approximate surface area is 103 Å². The van der Waals surface area contributed by atoms with Crippen LogP contribution in [0.4, 0.5) is 5.88 Å². The molecule has 3 aromatic rings. The molecular formula is C13H13N3O2. The Balaban J connectivity index is 2.36. The van der Waals surface area contributed by atoms with Crippen LogP contribution in [0.2, 0.25) is 0 Å². The lowest BCUT2D eigenvalue weighted by molar-refractivity contribution is 0.436. The minimum Gasteiger partial charge on any atom is -0.507 e. The number of phenols is 1. The number of aromatic hydroxyl groups is 1. The van der Waals surface area contributed by atoms with Crippen molar-refractivity contribution in [1.82, 2.24) is 10.1 Å². The van der Waals surface area contributed by atoms with Gasteiger partial charge in [-0.15, -0.1) is 0 Å². The molecule has 5 heteroatoms. The first kappa shape index (κ1) is 10.7. The predicted molar refractivity (Wildman–Crippen MR) is 69.3 cm³/mol. The number of H-pyrrole nitrogens is 1. The lowest BCUT2D eigenvalue weighted by atomic mass is 10.0. The number of nitrogens with one attached hydrogen (secondary N) is 1. The molecule has 2 aromatic heterocycles. The molecule has 92 valence electrons. The number of hydrogen-bond donors (Lipinski definition) is 3. The zero-order valence-electron chi connectivity index (χ0n) is 10.1. The Bertz CT molecular complexity index is 740. The molecular weight excluding hydrogens is 230 g/mol. The van der Waals surface area contributed by atoms with Gasteiger partial charge in [-0.25, -0.2) is 0 Å². The number of nitrogen functional groups attached to an aromatic ring is 1. The van der Waals surface area contributed by atoms with Crippen molar-refractivity contribution in [2.24, 2.45) is 0 Å². The van der Waals surface area contributed by atoms with Gasteiger partial charge < -0.3 is 20.3 Å².